The molecule has 1 rings (SSSR count). The van der Waals surface area contributed by atoms with Crippen molar-refractivity contribution in [1.82, 2.24) is 0 Å². The standard InChI is InChI=1S/C9H9F3S/c1-6(13)7-3-2-4-8(5-7)9(10,11)12/h2-6,13H,1H3/t6-/m0/s1. The van der Waals surface area contributed by atoms with E-state index in [-0.39, 0.29) is 5.25 Å². The van der Waals surface area contributed by atoms with Crippen LogP contribution in [-0.4, -0.2) is 0 Å². The Labute approximate surface area is 80.2 Å². The van der Waals surface area contributed by atoms with E-state index in [0.717, 1.165) is 12.1 Å². The fraction of sp³-hybridized carbons (Fsp3) is 0.333. The zero-order chi connectivity index (χ0) is 10.1. The molecule has 72 valence electrons. The summed E-state index contributed by atoms with van der Waals surface area (Å²) in [7, 11) is 0. The number of alkyl halides is 3. The smallest absolute Gasteiger partial charge is 0.171 e. The van der Waals surface area contributed by atoms with Crippen molar-refractivity contribution in [2.24, 2.45) is 0 Å². The Balaban J connectivity index is 3.06. The molecule has 1 atom stereocenters. The number of hydrogen-bond acceptors (Lipinski definition) is 1. The van der Waals surface area contributed by atoms with E-state index in [0.29, 0.717) is 5.56 Å². The van der Waals surface area contributed by atoms with E-state index in [9.17, 15) is 13.2 Å². The van der Waals surface area contributed by atoms with Crippen LogP contribution in [0.15, 0.2) is 24.3 Å². The predicted octanol–water partition coefficient (Wildman–Crippen LogP) is 3.70. The molecule has 0 aliphatic carbocycles. The van der Waals surface area contributed by atoms with E-state index < -0.39 is 11.7 Å². The van der Waals surface area contributed by atoms with Crippen LogP contribution in [0.1, 0.15) is 23.3 Å². The van der Waals surface area contributed by atoms with Crippen LogP contribution in [0.3, 0.4) is 0 Å². The molecule has 13 heavy (non-hydrogen) atoms. The molecule has 1 aromatic rings. The monoisotopic (exact) mass is 206 g/mol. The third-order valence-corrected chi connectivity index (χ3v) is 1.99. The van der Waals surface area contributed by atoms with Gasteiger partial charge in [0, 0.05) is 5.25 Å². The number of thiol groups is 1. The maximum atomic E-state index is 12.2. The van der Waals surface area contributed by atoms with Crippen LogP contribution in [0.5, 0.6) is 0 Å². The summed E-state index contributed by atoms with van der Waals surface area (Å²) >= 11 is 4.06. The fourth-order valence-corrected chi connectivity index (χ4v) is 1.14. The van der Waals surface area contributed by atoms with Crippen molar-refractivity contribution in [1.29, 1.82) is 0 Å². The zero-order valence-electron chi connectivity index (χ0n) is 6.97. The third kappa shape index (κ3) is 2.66. The molecular formula is C9H9F3S. The molecule has 0 amide bonds. The zero-order valence-corrected chi connectivity index (χ0v) is 7.86. The number of rotatable bonds is 1. The average Bonchev–Trinajstić information content (AvgIpc) is 2.03. The Hall–Kier alpha value is -0.640. The van der Waals surface area contributed by atoms with Gasteiger partial charge in [-0.05, 0) is 18.6 Å². The number of benzene rings is 1. The van der Waals surface area contributed by atoms with Crippen molar-refractivity contribution in [3.8, 4) is 0 Å². The first-order valence-corrected chi connectivity index (χ1v) is 4.28. The highest BCUT2D eigenvalue weighted by atomic mass is 32.1. The first kappa shape index (κ1) is 10.4. The largest absolute Gasteiger partial charge is 0.416 e. The molecule has 0 saturated carbocycles. The lowest BCUT2D eigenvalue weighted by Crippen LogP contribution is -2.05. The van der Waals surface area contributed by atoms with E-state index in [4.69, 9.17) is 0 Å². The van der Waals surface area contributed by atoms with Crippen molar-refractivity contribution in [3.05, 3.63) is 35.4 Å². The maximum absolute atomic E-state index is 12.2. The molecule has 1 aromatic carbocycles. The highest BCUT2D eigenvalue weighted by Crippen LogP contribution is 2.31. The summed E-state index contributed by atoms with van der Waals surface area (Å²) in [6.45, 7) is 1.73. The van der Waals surface area contributed by atoms with E-state index in [1.54, 1.807) is 13.0 Å². The van der Waals surface area contributed by atoms with Gasteiger partial charge in [-0.1, -0.05) is 18.2 Å². The molecule has 0 fully saturated rings. The van der Waals surface area contributed by atoms with Crippen molar-refractivity contribution in [2.75, 3.05) is 0 Å². The lowest BCUT2D eigenvalue weighted by Gasteiger charge is -2.09. The second kappa shape index (κ2) is 3.62. The molecular weight excluding hydrogens is 197 g/mol. The summed E-state index contributed by atoms with van der Waals surface area (Å²) < 4.78 is 36.6. The number of hydrogen-bond donors (Lipinski definition) is 1. The molecule has 0 unspecified atom stereocenters. The molecule has 0 N–H and O–H groups in total. The minimum Gasteiger partial charge on any atom is -0.171 e. The van der Waals surface area contributed by atoms with Crippen LogP contribution in [0.25, 0.3) is 0 Å². The molecule has 0 saturated heterocycles. The summed E-state index contributed by atoms with van der Waals surface area (Å²) in [5, 5.41) is -0.178. The van der Waals surface area contributed by atoms with Gasteiger partial charge >= 0.3 is 6.18 Å². The Kier molecular flexibility index (Phi) is 2.91. The normalized spacial score (nSPS) is 14.2. The minimum absolute atomic E-state index is 0.178. The van der Waals surface area contributed by atoms with Crippen LogP contribution in [-0.2, 0) is 6.18 Å². The van der Waals surface area contributed by atoms with E-state index in [1.807, 2.05) is 0 Å². The van der Waals surface area contributed by atoms with E-state index in [1.165, 1.54) is 6.07 Å². The lowest BCUT2D eigenvalue weighted by atomic mass is 10.1. The Bertz CT molecular complexity index is 291. The van der Waals surface area contributed by atoms with Crippen LogP contribution in [0, 0.1) is 0 Å². The van der Waals surface area contributed by atoms with Gasteiger partial charge in [-0.2, -0.15) is 25.8 Å². The fourth-order valence-electron chi connectivity index (χ4n) is 0.975. The van der Waals surface area contributed by atoms with Gasteiger partial charge < -0.3 is 0 Å². The number of halogens is 3. The molecule has 0 aliphatic heterocycles. The second-order valence-corrected chi connectivity index (χ2v) is 3.57. The molecule has 0 nitrogen and oxygen atoms in total. The van der Waals surface area contributed by atoms with Crippen molar-refractivity contribution in [2.45, 2.75) is 18.3 Å². The molecule has 0 spiro atoms. The average molecular weight is 206 g/mol. The summed E-state index contributed by atoms with van der Waals surface area (Å²) in [5.74, 6) is 0. The molecule has 4 heteroatoms. The maximum Gasteiger partial charge on any atom is 0.416 e. The second-order valence-electron chi connectivity index (χ2n) is 2.80. The van der Waals surface area contributed by atoms with E-state index >= 15 is 0 Å². The Morgan fingerprint density at radius 1 is 1.31 bits per heavy atom. The van der Waals surface area contributed by atoms with Gasteiger partial charge in [-0.15, -0.1) is 0 Å². The van der Waals surface area contributed by atoms with Gasteiger partial charge in [0.2, 0.25) is 0 Å². The summed E-state index contributed by atoms with van der Waals surface area (Å²) in [6.07, 6.45) is -4.27. The van der Waals surface area contributed by atoms with Crippen molar-refractivity contribution in [3.63, 3.8) is 0 Å². The van der Waals surface area contributed by atoms with Crippen LogP contribution in [0.2, 0.25) is 0 Å². The predicted molar refractivity (Wildman–Crippen MR) is 48.8 cm³/mol. The van der Waals surface area contributed by atoms with Crippen LogP contribution in [0.4, 0.5) is 13.2 Å². The molecule has 0 aliphatic rings. The molecule has 0 heterocycles. The highest BCUT2D eigenvalue weighted by molar-refractivity contribution is 7.80. The van der Waals surface area contributed by atoms with Gasteiger partial charge in [0.25, 0.3) is 0 Å². The van der Waals surface area contributed by atoms with Gasteiger partial charge in [0.05, 0.1) is 5.56 Å². The highest BCUT2D eigenvalue weighted by Gasteiger charge is 2.30. The van der Waals surface area contributed by atoms with Gasteiger partial charge in [0.1, 0.15) is 0 Å². The first-order valence-electron chi connectivity index (χ1n) is 3.76. The molecule has 0 bridgehead atoms. The SMILES string of the molecule is C[C@H](S)c1cccc(C(F)(F)F)c1. The quantitative estimate of drug-likeness (QED) is 0.665. The Morgan fingerprint density at radius 3 is 2.38 bits per heavy atom. The molecule has 0 aromatic heterocycles. The summed E-state index contributed by atoms with van der Waals surface area (Å²) in [6, 6.07) is 5.20. The van der Waals surface area contributed by atoms with Crippen molar-refractivity contribution < 1.29 is 13.2 Å². The van der Waals surface area contributed by atoms with Gasteiger partial charge in [-0.3, -0.25) is 0 Å². The Morgan fingerprint density at radius 2 is 1.92 bits per heavy atom. The lowest BCUT2D eigenvalue weighted by molar-refractivity contribution is -0.137. The first-order chi connectivity index (χ1) is 5.91. The van der Waals surface area contributed by atoms with Crippen LogP contribution < -0.4 is 0 Å². The van der Waals surface area contributed by atoms with Crippen LogP contribution >= 0.6 is 12.6 Å². The van der Waals surface area contributed by atoms with Crippen molar-refractivity contribution >= 4 is 12.6 Å². The third-order valence-electron chi connectivity index (χ3n) is 1.70. The topological polar surface area (TPSA) is 0 Å². The molecule has 0 radical (unpaired) electrons. The van der Waals surface area contributed by atoms with Gasteiger partial charge in [0.15, 0.2) is 0 Å². The summed E-state index contributed by atoms with van der Waals surface area (Å²) in [4.78, 5) is 0. The van der Waals surface area contributed by atoms with E-state index in [2.05, 4.69) is 12.6 Å². The minimum atomic E-state index is -4.27. The summed E-state index contributed by atoms with van der Waals surface area (Å²) in [5.41, 5.74) is -0.0379. The van der Waals surface area contributed by atoms with Gasteiger partial charge in [-0.25, -0.2) is 0 Å².